The van der Waals surface area contributed by atoms with Crippen LogP contribution in [0.2, 0.25) is 0 Å². The predicted octanol–water partition coefficient (Wildman–Crippen LogP) is 3.72. The molecule has 2 rings (SSSR count). The minimum absolute atomic E-state index is 0.198. The van der Waals surface area contributed by atoms with Crippen LogP contribution in [0, 0.1) is 0 Å². The Balaban J connectivity index is 1.87. The number of nitrogens with one attached hydrogen (secondary N) is 1. The van der Waals surface area contributed by atoms with Gasteiger partial charge in [-0.1, -0.05) is 64.3 Å². The molecule has 3 heteroatoms. The van der Waals surface area contributed by atoms with E-state index < -0.39 is 0 Å². The molecule has 116 valence electrons. The molecule has 0 atom stereocenters. The Bertz CT molecular complexity index is 462. The molecular weight excluding hydrogens is 258 g/mol. The van der Waals surface area contributed by atoms with Crippen LogP contribution >= 0.6 is 0 Å². The molecule has 0 saturated heterocycles. The summed E-state index contributed by atoms with van der Waals surface area (Å²) in [4.78, 5) is 4.46. The Morgan fingerprint density at radius 3 is 2.33 bits per heavy atom. The van der Waals surface area contributed by atoms with Crippen molar-refractivity contribution < 1.29 is 0 Å². The number of nitrogens with zero attached hydrogens (tertiary/aromatic N) is 1. The Morgan fingerprint density at radius 2 is 1.76 bits per heavy atom. The molecule has 0 unspecified atom stereocenters. The van der Waals surface area contributed by atoms with Gasteiger partial charge >= 0.3 is 0 Å². The van der Waals surface area contributed by atoms with E-state index in [1.165, 1.54) is 43.2 Å². The van der Waals surface area contributed by atoms with Crippen LogP contribution in [-0.2, 0) is 12.0 Å². The van der Waals surface area contributed by atoms with Gasteiger partial charge in [0, 0.05) is 6.04 Å². The van der Waals surface area contributed by atoms with Crippen LogP contribution in [-0.4, -0.2) is 12.0 Å². The molecule has 0 aliphatic heterocycles. The van der Waals surface area contributed by atoms with Crippen LogP contribution in [0.15, 0.2) is 29.3 Å². The molecule has 0 amide bonds. The SMILES string of the molecule is CC(C)(C)c1ccc(CN=C(N)NC2CCCCC2)cc1. The summed E-state index contributed by atoms with van der Waals surface area (Å²) in [5, 5.41) is 3.35. The minimum Gasteiger partial charge on any atom is -0.370 e. The zero-order chi connectivity index (χ0) is 15.3. The molecule has 0 spiro atoms. The van der Waals surface area contributed by atoms with Crippen LogP contribution in [0.3, 0.4) is 0 Å². The lowest BCUT2D eigenvalue weighted by atomic mass is 9.87. The Hall–Kier alpha value is -1.51. The number of aliphatic imine (C=N–C) groups is 1. The average molecular weight is 287 g/mol. The first-order valence-electron chi connectivity index (χ1n) is 8.11. The van der Waals surface area contributed by atoms with Gasteiger partial charge in [-0.05, 0) is 29.4 Å². The summed E-state index contributed by atoms with van der Waals surface area (Å²) in [7, 11) is 0. The monoisotopic (exact) mass is 287 g/mol. The maximum absolute atomic E-state index is 5.99. The lowest BCUT2D eigenvalue weighted by Crippen LogP contribution is -2.41. The van der Waals surface area contributed by atoms with Crippen molar-refractivity contribution in [3.05, 3.63) is 35.4 Å². The predicted molar refractivity (Wildman–Crippen MR) is 90.5 cm³/mol. The van der Waals surface area contributed by atoms with E-state index in [9.17, 15) is 0 Å². The normalized spacial score (nSPS) is 17.8. The maximum Gasteiger partial charge on any atom is 0.189 e. The number of hydrogen-bond acceptors (Lipinski definition) is 1. The van der Waals surface area contributed by atoms with Crippen molar-refractivity contribution in [2.75, 3.05) is 0 Å². The van der Waals surface area contributed by atoms with Crippen molar-refractivity contribution in [3.63, 3.8) is 0 Å². The Labute approximate surface area is 129 Å². The fraction of sp³-hybridized carbons (Fsp3) is 0.611. The van der Waals surface area contributed by atoms with Gasteiger partial charge < -0.3 is 11.1 Å². The zero-order valence-corrected chi connectivity index (χ0v) is 13.7. The van der Waals surface area contributed by atoms with Gasteiger partial charge in [0.2, 0.25) is 0 Å². The van der Waals surface area contributed by atoms with Gasteiger partial charge in [0.1, 0.15) is 0 Å². The van der Waals surface area contributed by atoms with Crippen molar-refractivity contribution in [2.24, 2.45) is 10.7 Å². The third kappa shape index (κ3) is 5.07. The summed E-state index contributed by atoms with van der Waals surface area (Å²) in [5.74, 6) is 0.585. The molecule has 1 aliphatic rings. The van der Waals surface area contributed by atoms with Crippen molar-refractivity contribution in [1.82, 2.24) is 5.32 Å². The summed E-state index contributed by atoms with van der Waals surface area (Å²) in [6.45, 7) is 7.33. The molecule has 0 radical (unpaired) electrons. The number of guanidine groups is 1. The number of rotatable bonds is 3. The van der Waals surface area contributed by atoms with E-state index in [0.29, 0.717) is 18.5 Å². The zero-order valence-electron chi connectivity index (χ0n) is 13.7. The minimum atomic E-state index is 0.198. The fourth-order valence-corrected chi connectivity index (χ4v) is 2.79. The van der Waals surface area contributed by atoms with Crippen molar-refractivity contribution in [2.45, 2.75) is 70.9 Å². The number of benzene rings is 1. The molecule has 1 fully saturated rings. The van der Waals surface area contributed by atoms with E-state index in [2.05, 4.69) is 55.3 Å². The first kappa shape index (κ1) is 15.9. The van der Waals surface area contributed by atoms with Crippen LogP contribution in [0.25, 0.3) is 0 Å². The summed E-state index contributed by atoms with van der Waals surface area (Å²) in [5.41, 5.74) is 8.74. The first-order chi connectivity index (χ1) is 9.95. The smallest absolute Gasteiger partial charge is 0.189 e. The second-order valence-electron chi connectivity index (χ2n) is 7.13. The first-order valence-corrected chi connectivity index (χ1v) is 8.11. The topological polar surface area (TPSA) is 50.4 Å². The highest BCUT2D eigenvalue weighted by atomic mass is 15.1. The van der Waals surface area contributed by atoms with Crippen molar-refractivity contribution >= 4 is 5.96 Å². The summed E-state index contributed by atoms with van der Waals surface area (Å²) >= 11 is 0. The van der Waals surface area contributed by atoms with Gasteiger partial charge in [-0.25, -0.2) is 4.99 Å². The van der Waals surface area contributed by atoms with E-state index >= 15 is 0 Å². The highest BCUT2D eigenvalue weighted by Gasteiger charge is 2.14. The van der Waals surface area contributed by atoms with Crippen LogP contribution in [0.1, 0.15) is 64.0 Å². The standard InChI is InChI=1S/C18H29N3/c1-18(2,3)15-11-9-14(10-12-15)13-20-17(19)21-16-7-5-4-6-8-16/h9-12,16H,4-8,13H2,1-3H3,(H3,19,20,21). The van der Waals surface area contributed by atoms with E-state index in [-0.39, 0.29) is 5.41 Å². The fourth-order valence-electron chi connectivity index (χ4n) is 2.79. The van der Waals surface area contributed by atoms with Gasteiger partial charge in [0.05, 0.1) is 6.54 Å². The lowest BCUT2D eigenvalue weighted by Gasteiger charge is -2.23. The quantitative estimate of drug-likeness (QED) is 0.657. The molecule has 1 aromatic carbocycles. The number of nitrogens with two attached hydrogens (primary N) is 1. The second kappa shape index (κ2) is 6.97. The molecule has 1 saturated carbocycles. The second-order valence-corrected chi connectivity index (χ2v) is 7.13. The van der Waals surface area contributed by atoms with Gasteiger partial charge in [-0.15, -0.1) is 0 Å². The maximum atomic E-state index is 5.99. The van der Waals surface area contributed by atoms with Gasteiger partial charge in [0.25, 0.3) is 0 Å². The molecule has 0 bridgehead atoms. The van der Waals surface area contributed by atoms with E-state index in [1.54, 1.807) is 0 Å². The summed E-state index contributed by atoms with van der Waals surface area (Å²) < 4.78 is 0. The van der Waals surface area contributed by atoms with Gasteiger partial charge in [-0.2, -0.15) is 0 Å². The van der Waals surface area contributed by atoms with E-state index in [1.807, 2.05) is 0 Å². The molecule has 3 nitrogen and oxygen atoms in total. The van der Waals surface area contributed by atoms with Crippen LogP contribution < -0.4 is 11.1 Å². The summed E-state index contributed by atoms with van der Waals surface area (Å²) in [6.07, 6.45) is 6.40. The van der Waals surface area contributed by atoms with Crippen molar-refractivity contribution in [3.8, 4) is 0 Å². The Morgan fingerprint density at radius 1 is 1.14 bits per heavy atom. The third-order valence-corrected chi connectivity index (χ3v) is 4.21. The molecule has 1 aromatic rings. The molecular formula is C18H29N3. The highest BCUT2D eigenvalue weighted by molar-refractivity contribution is 5.78. The summed E-state index contributed by atoms with van der Waals surface area (Å²) in [6, 6.07) is 9.20. The van der Waals surface area contributed by atoms with E-state index in [4.69, 9.17) is 5.73 Å². The van der Waals surface area contributed by atoms with Crippen LogP contribution in [0.4, 0.5) is 0 Å². The number of hydrogen-bond donors (Lipinski definition) is 2. The van der Waals surface area contributed by atoms with Gasteiger partial charge in [0.15, 0.2) is 5.96 Å². The van der Waals surface area contributed by atoms with Gasteiger partial charge in [-0.3, -0.25) is 0 Å². The van der Waals surface area contributed by atoms with E-state index in [0.717, 1.165) is 0 Å². The Kier molecular flexibility index (Phi) is 5.27. The largest absolute Gasteiger partial charge is 0.370 e. The molecule has 0 aromatic heterocycles. The molecule has 1 aliphatic carbocycles. The average Bonchev–Trinajstić information content (AvgIpc) is 2.46. The molecule has 3 N–H and O–H groups in total. The molecule has 21 heavy (non-hydrogen) atoms. The third-order valence-electron chi connectivity index (χ3n) is 4.21. The highest BCUT2D eigenvalue weighted by Crippen LogP contribution is 2.22. The molecule has 0 heterocycles. The van der Waals surface area contributed by atoms with Crippen molar-refractivity contribution in [1.29, 1.82) is 0 Å². The lowest BCUT2D eigenvalue weighted by molar-refractivity contribution is 0.412. The van der Waals surface area contributed by atoms with Crippen LogP contribution in [0.5, 0.6) is 0 Å².